The van der Waals surface area contributed by atoms with E-state index < -0.39 is 0 Å². The van der Waals surface area contributed by atoms with E-state index in [1.54, 1.807) is 14.2 Å². The summed E-state index contributed by atoms with van der Waals surface area (Å²) in [6.07, 6.45) is 3.66. The Morgan fingerprint density at radius 2 is 2.04 bits per heavy atom. The second-order valence-corrected chi connectivity index (χ2v) is 5.72. The van der Waals surface area contributed by atoms with Crippen molar-refractivity contribution < 1.29 is 9.47 Å². The number of nitrogens with one attached hydrogen (secondary N) is 1. The summed E-state index contributed by atoms with van der Waals surface area (Å²) < 4.78 is 10.6. The Kier molecular flexibility index (Phi) is 6.52. The van der Waals surface area contributed by atoms with Crippen molar-refractivity contribution in [3.8, 4) is 11.5 Å². The number of aliphatic imine (C=N–C) groups is 1. The molecule has 1 unspecified atom stereocenters. The van der Waals surface area contributed by atoms with Crippen LogP contribution in [0.5, 0.6) is 11.5 Å². The zero-order valence-corrected chi connectivity index (χ0v) is 14.3. The molecule has 23 heavy (non-hydrogen) atoms. The van der Waals surface area contributed by atoms with Crippen molar-refractivity contribution in [2.45, 2.75) is 32.2 Å². The standard InChI is InChI=1S/C17H28N4O2/c1-4-13(21-9-5-6-10-21)12-19-17(18)20-15-11-14(22-2)7-8-16(15)23-3/h7-8,11,13H,4-6,9-10,12H2,1-3H3,(H3,18,19,20). The van der Waals surface area contributed by atoms with Gasteiger partial charge in [0.15, 0.2) is 5.96 Å². The molecule has 6 nitrogen and oxygen atoms in total. The van der Waals surface area contributed by atoms with E-state index in [2.05, 4.69) is 22.1 Å². The molecule has 1 aliphatic rings. The van der Waals surface area contributed by atoms with Gasteiger partial charge < -0.3 is 20.5 Å². The number of likely N-dealkylation sites (tertiary alicyclic amines) is 1. The van der Waals surface area contributed by atoms with Gasteiger partial charge in [0.05, 0.1) is 26.5 Å². The highest BCUT2D eigenvalue weighted by atomic mass is 16.5. The minimum atomic E-state index is 0.397. The maximum Gasteiger partial charge on any atom is 0.193 e. The van der Waals surface area contributed by atoms with Gasteiger partial charge in [0.2, 0.25) is 0 Å². The first-order valence-corrected chi connectivity index (χ1v) is 8.21. The predicted molar refractivity (Wildman–Crippen MR) is 94.5 cm³/mol. The van der Waals surface area contributed by atoms with Crippen LogP contribution in [0.15, 0.2) is 23.2 Å². The molecular weight excluding hydrogens is 292 g/mol. The number of rotatable bonds is 7. The smallest absolute Gasteiger partial charge is 0.193 e. The number of hydrogen-bond acceptors (Lipinski definition) is 4. The van der Waals surface area contributed by atoms with Crippen molar-refractivity contribution in [2.75, 3.05) is 39.2 Å². The summed E-state index contributed by atoms with van der Waals surface area (Å²) >= 11 is 0. The van der Waals surface area contributed by atoms with Crippen molar-refractivity contribution >= 4 is 11.6 Å². The zero-order chi connectivity index (χ0) is 16.7. The van der Waals surface area contributed by atoms with Crippen molar-refractivity contribution in [3.05, 3.63) is 18.2 Å². The van der Waals surface area contributed by atoms with Crippen LogP contribution in [0.1, 0.15) is 26.2 Å². The third kappa shape index (κ3) is 4.76. The van der Waals surface area contributed by atoms with Gasteiger partial charge in [-0.05, 0) is 44.5 Å². The van der Waals surface area contributed by atoms with E-state index in [9.17, 15) is 0 Å². The van der Waals surface area contributed by atoms with Gasteiger partial charge in [0.25, 0.3) is 0 Å². The number of nitrogens with zero attached hydrogens (tertiary/aromatic N) is 2. The van der Waals surface area contributed by atoms with Gasteiger partial charge in [0, 0.05) is 12.1 Å². The van der Waals surface area contributed by atoms with Crippen molar-refractivity contribution in [2.24, 2.45) is 10.7 Å². The third-order valence-corrected chi connectivity index (χ3v) is 4.27. The Labute approximate surface area is 138 Å². The second-order valence-electron chi connectivity index (χ2n) is 5.72. The Hall–Kier alpha value is -1.95. The molecule has 6 heteroatoms. The molecule has 128 valence electrons. The largest absolute Gasteiger partial charge is 0.497 e. The van der Waals surface area contributed by atoms with Gasteiger partial charge in [0.1, 0.15) is 11.5 Å². The van der Waals surface area contributed by atoms with Crippen molar-refractivity contribution in [1.82, 2.24) is 4.90 Å². The lowest BCUT2D eigenvalue weighted by atomic mass is 10.2. The van der Waals surface area contributed by atoms with Crippen molar-refractivity contribution in [3.63, 3.8) is 0 Å². The van der Waals surface area contributed by atoms with E-state index in [0.717, 1.165) is 17.9 Å². The van der Waals surface area contributed by atoms with E-state index in [1.807, 2.05) is 18.2 Å². The molecule has 0 bridgehead atoms. The molecule has 3 N–H and O–H groups in total. The van der Waals surface area contributed by atoms with E-state index in [4.69, 9.17) is 15.2 Å². The summed E-state index contributed by atoms with van der Waals surface area (Å²) in [5.41, 5.74) is 6.80. The molecule has 1 aromatic rings. The van der Waals surface area contributed by atoms with Crippen LogP contribution in [0.25, 0.3) is 0 Å². The fourth-order valence-corrected chi connectivity index (χ4v) is 2.90. The van der Waals surface area contributed by atoms with Gasteiger partial charge in [-0.1, -0.05) is 6.92 Å². The SMILES string of the molecule is CCC(CN=C(N)Nc1cc(OC)ccc1OC)N1CCCC1. The summed E-state index contributed by atoms with van der Waals surface area (Å²) in [4.78, 5) is 7.01. The molecule has 1 heterocycles. The minimum Gasteiger partial charge on any atom is -0.497 e. The van der Waals surface area contributed by atoms with Crippen molar-refractivity contribution in [1.29, 1.82) is 0 Å². The number of ether oxygens (including phenoxy) is 2. The monoisotopic (exact) mass is 320 g/mol. The van der Waals surface area contributed by atoms with Gasteiger partial charge in [-0.2, -0.15) is 0 Å². The van der Waals surface area contributed by atoms with Crippen LogP contribution in [0.4, 0.5) is 5.69 Å². The molecule has 0 amide bonds. The lowest BCUT2D eigenvalue weighted by molar-refractivity contribution is 0.242. The summed E-state index contributed by atoms with van der Waals surface area (Å²) in [5, 5.41) is 3.11. The summed E-state index contributed by atoms with van der Waals surface area (Å²) in [5.74, 6) is 1.84. The fourth-order valence-electron chi connectivity index (χ4n) is 2.90. The molecule has 2 rings (SSSR count). The van der Waals surface area contributed by atoms with Crippen LogP contribution in [0.2, 0.25) is 0 Å². The van der Waals surface area contributed by atoms with Crippen LogP contribution >= 0.6 is 0 Å². The van der Waals surface area contributed by atoms with E-state index in [-0.39, 0.29) is 0 Å². The zero-order valence-electron chi connectivity index (χ0n) is 14.3. The van der Waals surface area contributed by atoms with Gasteiger partial charge in [-0.25, -0.2) is 0 Å². The topological polar surface area (TPSA) is 72.1 Å². The van der Waals surface area contributed by atoms with E-state index >= 15 is 0 Å². The predicted octanol–water partition coefficient (Wildman–Crippen LogP) is 2.30. The van der Waals surface area contributed by atoms with Gasteiger partial charge >= 0.3 is 0 Å². The molecule has 1 aromatic carbocycles. The Bertz CT molecular complexity index is 527. The van der Waals surface area contributed by atoms with E-state index in [1.165, 1.54) is 25.9 Å². The molecule has 1 saturated heterocycles. The summed E-state index contributed by atoms with van der Waals surface area (Å²) in [6.45, 7) is 5.25. The Morgan fingerprint density at radius 3 is 2.65 bits per heavy atom. The molecule has 0 saturated carbocycles. The average Bonchev–Trinajstić information content (AvgIpc) is 3.09. The average molecular weight is 320 g/mol. The summed E-state index contributed by atoms with van der Waals surface area (Å²) in [7, 11) is 3.26. The molecule has 1 fully saturated rings. The first-order valence-electron chi connectivity index (χ1n) is 8.21. The maximum atomic E-state index is 6.05. The minimum absolute atomic E-state index is 0.397. The molecule has 0 aliphatic carbocycles. The van der Waals surface area contributed by atoms with Crippen LogP contribution in [-0.2, 0) is 0 Å². The lowest BCUT2D eigenvalue weighted by Crippen LogP contribution is -2.35. The maximum absolute atomic E-state index is 6.05. The fraction of sp³-hybridized carbons (Fsp3) is 0.588. The van der Waals surface area contributed by atoms with Gasteiger partial charge in [-0.15, -0.1) is 0 Å². The van der Waals surface area contributed by atoms with Crippen LogP contribution < -0.4 is 20.5 Å². The highest BCUT2D eigenvalue weighted by Crippen LogP contribution is 2.28. The number of methoxy groups -OCH3 is 2. The molecule has 0 radical (unpaired) electrons. The number of nitrogens with two attached hydrogens (primary N) is 1. The van der Waals surface area contributed by atoms with Crippen LogP contribution in [0, 0.1) is 0 Å². The highest BCUT2D eigenvalue weighted by molar-refractivity contribution is 5.94. The highest BCUT2D eigenvalue weighted by Gasteiger charge is 2.20. The first kappa shape index (κ1) is 17.4. The normalized spacial score (nSPS) is 17.1. The molecular formula is C17H28N4O2. The number of guanidine groups is 1. The Balaban J connectivity index is 2.01. The van der Waals surface area contributed by atoms with Gasteiger partial charge in [-0.3, -0.25) is 9.89 Å². The molecule has 0 spiro atoms. The number of benzene rings is 1. The lowest BCUT2D eigenvalue weighted by Gasteiger charge is -2.24. The second kappa shape index (κ2) is 8.62. The van der Waals surface area contributed by atoms with Crippen LogP contribution in [-0.4, -0.2) is 50.8 Å². The number of hydrogen-bond donors (Lipinski definition) is 2. The molecule has 0 aromatic heterocycles. The Morgan fingerprint density at radius 1 is 1.30 bits per heavy atom. The molecule has 1 atom stereocenters. The van der Waals surface area contributed by atoms with E-state index in [0.29, 0.717) is 24.3 Å². The number of anilines is 1. The summed E-state index contributed by atoms with van der Waals surface area (Å²) in [6, 6.07) is 6.00. The first-order chi connectivity index (χ1) is 11.2. The third-order valence-electron chi connectivity index (χ3n) is 4.27. The van der Waals surface area contributed by atoms with Crippen LogP contribution in [0.3, 0.4) is 0 Å². The quantitative estimate of drug-likeness (QED) is 0.596. The molecule has 1 aliphatic heterocycles.